The van der Waals surface area contributed by atoms with Crippen molar-refractivity contribution < 1.29 is 13.9 Å². The number of ether oxygens (including phenoxy) is 2. The van der Waals surface area contributed by atoms with E-state index in [1.807, 2.05) is 30.3 Å². The Hall–Kier alpha value is -3.48. The van der Waals surface area contributed by atoms with E-state index in [2.05, 4.69) is 15.3 Å². The lowest BCUT2D eigenvalue weighted by molar-refractivity contribution is 0.304. The Labute approximate surface area is 148 Å². The van der Waals surface area contributed by atoms with Crippen LogP contribution in [0.15, 0.2) is 60.9 Å². The van der Waals surface area contributed by atoms with Crippen molar-refractivity contribution in [2.45, 2.75) is 6.61 Å². The quantitative estimate of drug-likeness (QED) is 0.551. The van der Waals surface area contributed by atoms with Gasteiger partial charge in [0.15, 0.2) is 11.6 Å². The topological polar surface area (TPSA) is 62.1 Å². The fourth-order valence-electron chi connectivity index (χ4n) is 2.63. The number of halogens is 1. The van der Waals surface area contributed by atoms with Crippen LogP contribution in [0.4, 0.5) is 4.39 Å². The van der Waals surface area contributed by atoms with Gasteiger partial charge < -0.3 is 9.47 Å². The van der Waals surface area contributed by atoms with Crippen LogP contribution in [0.5, 0.6) is 11.5 Å². The molecule has 0 aliphatic rings. The van der Waals surface area contributed by atoms with Crippen molar-refractivity contribution in [3.05, 3.63) is 72.4 Å². The zero-order valence-corrected chi connectivity index (χ0v) is 14.0. The maximum Gasteiger partial charge on any atom is 0.167 e. The lowest BCUT2D eigenvalue weighted by Crippen LogP contribution is -1.98. The van der Waals surface area contributed by atoms with Gasteiger partial charge in [-0.05, 0) is 24.3 Å². The van der Waals surface area contributed by atoms with Gasteiger partial charge in [0.2, 0.25) is 0 Å². The van der Waals surface area contributed by atoms with E-state index >= 15 is 0 Å². The van der Waals surface area contributed by atoms with E-state index in [1.165, 1.54) is 13.2 Å². The second-order valence-corrected chi connectivity index (χ2v) is 5.59. The molecule has 0 aliphatic carbocycles. The summed E-state index contributed by atoms with van der Waals surface area (Å²) in [5.41, 5.74) is 2.09. The third-order valence-electron chi connectivity index (χ3n) is 3.91. The first-order chi connectivity index (χ1) is 12.7. The third-order valence-corrected chi connectivity index (χ3v) is 3.91. The fourth-order valence-corrected chi connectivity index (χ4v) is 2.63. The van der Waals surface area contributed by atoms with Gasteiger partial charge in [0.25, 0.3) is 0 Å². The molecule has 2 aromatic carbocycles. The van der Waals surface area contributed by atoms with Crippen LogP contribution in [-0.2, 0) is 6.61 Å². The third kappa shape index (κ3) is 3.06. The number of para-hydroxylation sites is 1. The highest BCUT2D eigenvalue weighted by atomic mass is 19.1. The molecule has 0 radical (unpaired) electrons. The molecule has 0 N–H and O–H groups in total. The van der Waals surface area contributed by atoms with Gasteiger partial charge in [0, 0.05) is 17.6 Å². The number of methoxy groups -OCH3 is 1. The summed E-state index contributed by atoms with van der Waals surface area (Å²) in [4.78, 5) is 4.17. The van der Waals surface area contributed by atoms with Crippen LogP contribution in [0.25, 0.3) is 16.6 Å². The Morgan fingerprint density at radius 3 is 2.73 bits per heavy atom. The van der Waals surface area contributed by atoms with Crippen LogP contribution in [-0.4, -0.2) is 27.1 Å². The van der Waals surface area contributed by atoms with E-state index in [1.54, 1.807) is 29.2 Å². The lowest BCUT2D eigenvalue weighted by Gasteiger charge is -2.09. The molecular formula is C19H15FN4O2. The summed E-state index contributed by atoms with van der Waals surface area (Å²) in [5.74, 6) is 0.253. The molecule has 0 spiro atoms. The van der Waals surface area contributed by atoms with E-state index in [-0.39, 0.29) is 12.4 Å². The predicted octanol–water partition coefficient (Wildman–Crippen LogP) is 3.54. The monoisotopic (exact) mass is 350 g/mol. The van der Waals surface area contributed by atoms with Crippen molar-refractivity contribution in [2.75, 3.05) is 7.11 Å². The van der Waals surface area contributed by atoms with Gasteiger partial charge in [-0.15, -0.1) is 5.10 Å². The first kappa shape index (κ1) is 16.0. The Kier molecular flexibility index (Phi) is 4.18. The first-order valence-corrected chi connectivity index (χ1v) is 7.96. The van der Waals surface area contributed by atoms with Gasteiger partial charge in [-0.2, -0.15) is 0 Å². The molecule has 0 bridgehead atoms. The first-order valence-electron chi connectivity index (χ1n) is 7.96. The summed E-state index contributed by atoms with van der Waals surface area (Å²) in [7, 11) is 1.42. The molecule has 0 aliphatic heterocycles. The summed E-state index contributed by atoms with van der Waals surface area (Å²) in [5, 5.41) is 8.90. The minimum atomic E-state index is -0.463. The number of hydrogen-bond donors (Lipinski definition) is 0. The van der Waals surface area contributed by atoms with E-state index in [9.17, 15) is 4.39 Å². The Morgan fingerprint density at radius 1 is 1.08 bits per heavy atom. The van der Waals surface area contributed by atoms with E-state index < -0.39 is 5.82 Å². The zero-order chi connectivity index (χ0) is 17.9. The molecule has 0 amide bonds. The Morgan fingerprint density at radius 2 is 1.92 bits per heavy atom. The molecule has 6 nitrogen and oxygen atoms in total. The molecule has 2 heterocycles. The fraction of sp³-hybridized carbons (Fsp3) is 0.105. The highest BCUT2D eigenvalue weighted by Gasteiger charge is 2.11. The van der Waals surface area contributed by atoms with Gasteiger partial charge in [0.05, 0.1) is 24.5 Å². The number of nitrogens with zero attached hydrogens (tertiary/aromatic N) is 4. The smallest absolute Gasteiger partial charge is 0.167 e. The van der Waals surface area contributed by atoms with Gasteiger partial charge in [-0.3, -0.25) is 4.98 Å². The largest absolute Gasteiger partial charge is 0.494 e. The lowest BCUT2D eigenvalue weighted by atomic mass is 10.2. The van der Waals surface area contributed by atoms with Crippen LogP contribution in [0.3, 0.4) is 0 Å². The van der Waals surface area contributed by atoms with Crippen molar-refractivity contribution in [3.8, 4) is 17.2 Å². The average molecular weight is 350 g/mol. The van der Waals surface area contributed by atoms with Crippen molar-refractivity contribution in [1.82, 2.24) is 20.0 Å². The number of hydrogen-bond acceptors (Lipinski definition) is 5. The van der Waals surface area contributed by atoms with Gasteiger partial charge in [-0.25, -0.2) is 9.07 Å². The van der Waals surface area contributed by atoms with Crippen molar-refractivity contribution in [1.29, 1.82) is 0 Å². The van der Waals surface area contributed by atoms with Gasteiger partial charge >= 0.3 is 0 Å². The van der Waals surface area contributed by atoms with E-state index in [4.69, 9.17) is 9.47 Å². The Balaban J connectivity index is 1.58. The molecule has 0 fully saturated rings. The molecule has 0 saturated carbocycles. The zero-order valence-electron chi connectivity index (χ0n) is 14.0. The van der Waals surface area contributed by atoms with Crippen molar-refractivity contribution in [2.24, 2.45) is 0 Å². The second-order valence-electron chi connectivity index (χ2n) is 5.59. The number of pyridine rings is 1. The van der Waals surface area contributed by atoms with Gasteiger partial charge in [0.1, 0.15) is 18.1 Å². The predicted molar refractivity (Wildman–Crippen MR) is 93.9 cm³/mol. The molecule has 7 heteroatoms. The molecule has 0 atom stereocenters. The maximum atomic E-state index is 13.8. The highest BCUT2D eigenvalue weighted by molar-refractivity contribution is 5.86. The van der Waals surface area contributed by atoms with Crippen LogP contribution in [0.1, 0.15) is 5.69 Å². The molecule has 26 heavy (non-hydrogen) atoms. The summed E-state index contributed by atoms with van der Waals surface area (Å²) in [6, 6.07) is 14.3. The number of benzene rings is 2. The summed E-state index contributed by atoms with van der Waals surface area (Å²) < 4.78 is 26.4. The number of fused-ring (bicyclic) bond motifs is 1. The number of rotatable bonds is 5. The van der Waals surface area contributed by atoms with Crippen LogP contribution in [0.2, 0.25) is 0 Å². The molecular weight excluding hydrogens is 335 g/mol. The SMILES string of the molecule is COc1cc2c(OCc3cn(-c4ccccc4)nn3)ccnc2cc1F. The van der Waals surface area contributed by atoms with E-state index in [0.29, 0.717) is 22.3 Å². The van der Waals surface area contributed by atoms with Crippen molar-refractivity contribution >= 4 is 10.9 Å². The molecule has 0 unspecified atom stereocenters. The molecule has 4 aromatic rings. The average Bonchev–Trinajstić information content (AvgIpc) is 3.15. The van der Waals surface area contributed by atoms with Crippen LogP contribution >= 0.6 is 0 Å². The van der Waals surface area contributed by atoms with Crippen LogP contribution in [0, 0.1) is 5.82 Å². The highest BCUT2D eigenvalue weighted by Crippen LogP contribution is 2.30. The van der Waals surface area contributed by atoms with E-state index in [0.717, 1.165) is 5.69 Å². The minimum absolute atomic E-state index is 0.144. The normalized spacial score (nSPS) is 10.8. The van der Waals surface area contributed by atoms with Gasteiger partial charge in [-0.1, -0.05) is 23.4 Å². The minimum Gasteiger partial charge on any atom is -0.494 e. The molecule has 4 rings (SSSR count). The van der Waals surface area contributed by atoms with Crippen molar-refractivity contribution in [3.63, 3.8) is 0 Å². The molecule has 0 saturated heterocycles. The molecule has 130 valence electrons. The molecule has 2 aromatic heterocycles. The maximum absolute atomic E-state index is 13.8. The standard InChI is InChI=1S/C19H15FN4O2/c1-25-19-9-15-17(10-16(19)20)21-8-7-18(15)26-12-13-11-24(23-22-13)14-5-3-2-4-6-14/h2-11H,12H2,1H3. The summed E-state index contributed by atoms with van der Waals surface area (Å²) in [6.45, 7) is 0.228. The second kappa shape index (κ2) is 6.79. The summed E-state index contributed by atoms with van der Waals surface area (Å²) in [6.07, 6.45) is 3.38. The van der Waals surface area contributed by atoms with Crippen LogP contribution < -0.4 is 9.47 Å². The Bertz CT molecular complexity index is 1050. The number of aromatic nitrogens is 4. The summed E-state index contributed by atoms with van der Waals surface area (Å²) >= 11 is 0.